The number of hydrogen-bond donors (Lipinski definition) is 2. The molecule has 3 unspecified atom stereocenters. The quantitative estimate of drug-likeness (QED) is 0.567. The minimum absolute atomic E-state index is 0.00692. The number of halogens is 1. The lowest BCUT2D eigenvalue weighted by atomic mass is 9.85. The second-order valence-electron chi connectivity index (χ2n) is 6.86. The van der Waals surface area contributed by atoms with Gasteiger partial charge in [0.2, 0.25) is 0 Å². The van der Waals surface area contributed by atoms with Gasteiger partial charge in [-0.3, -0.25) is 10.1 Å². The summed E-state index contributed by atoms with van der Waals surface area (Å²) in [5.74, 6) is 0.0150. The molecule has 1 saturated carbocycles. The fourth-order valence-electron chi connectivity index (χ4n) is 4.34. The van der Waals surface area contributed by atoms with Crippen LogP contribution in [0, 0.1) is 21.4 Å². The Balaban J connectivity index is 1.91. The highest BCUT2D eigenvalue weighted by molar-refractivity contribution is 9.10. The predicted octanol–water partition coefficient (Wildman–Crippen LogP) is 2.90. The van der Waals surface area contributed by atoms with Gasteiger partial charge in [-0.2, -0.15) is 5.26 Å². The highest BCUT2D eigenvalue weighted by atomic mass is 79.9. The summed E-state index contributed by atoms with van der Waals surface area (Å²) in [5.41, 5.74) is 7.32. The third-order valence-electron chi connectivity index (χ3n) is 5.48. The van der Waals surface area contributed by atoms with E-state index in [0.717, 1.165) is 30.2 Å². The Kier molecular flexibility index (Phi) is 4.11. The van der Waals surface area contributed by atoms with Gasteiger partial charge in [0.05, 0.1) is 22.6 Å². The zero-order valence-electron chi connectivity index (χ0n) is 14.0. The number of nitrogens with one attached hydrogen (secondary N) is 1. The normalized spacial score (nSPS) is 27.5. The van der Waals surface area contributed by atoms with Crippen molar-refractivity contribution < 1.29 is 4.92 Å². The van der Waals surface area contributed by atoms with E-state index in [1.807, 2.05) is 12.1 Å². The maximum absolute atomic E-state index is 12.0. The van der Waals surface area contributed by atoms with Gasteiger partial charge in [-0.05, 0) is 30.5 Å². The number of benzene rings is 1. The van der Waals surface area contributed by atoms with Gasteiger partial charge >= 0.3 is 0 Å². The molecule has 1 saturated heterocycles. The van der Waals surface area contributed by atoms with Gasteiger partial charge in [0, 0.05) is 10.5 Å². The second-order valence-corrected chi connectivity index (χ2v) is 7.77. The summed E-state index contributed by atoms with van der Waals surface area (Å²) >= 11 is 3.38. The predicted molar refractivity (Wildman–Crippen MR) is 98.7 cm³/mol. The lowest BCUT2D eigenvalue weighted by Gasteiger charge is -2.34. The lowest BCUT2D eigenvalue weighted by Crippen LogP contribution is -2.42. The van der Waals surface area contributed by atoms with Crippen LogP contribution < -0.4 is 11.1 Å². The maximum atomic E-state index is 12.0. The third kappa shape index (κ3) is 2.46. The average Bonchev–Trinajstić information content (AvgIpc) is 3.01. The van der Waals surface area contributed by atoms with Crippen molar-refractivity contribution in [3.63, 3.8) is 0 Å². The molecular formula is C18H18BrN5O2. The number of nitrogens with two attached hydrogens (primary N) is 1. The van der Waals surface area contributed by atoms with Crippen LogP contribution in [0.4, 0.5) is 0 Å². The first-order chi connectivity index (χ1) is 12.5. The number of nitriles is 1. The fraction of sp³-hybridized carbons (Fsp3) is 0.389. The van der Waals surface area contributed by atoms with E-state index in [9.17, 15) is 15.4 Å². The molecule has 2 fully saturated rings. The summed E-state index contributed by atoms with van der Waals surface area (Å²) < 4.78 is 0.870. The molecule has 0 radical (unpaired) electrons. The van der Waals surface area contributed by atoms with Crippen molar-refractivity contribution >= 4 is 15.9 Å². The van der Waals surface area contributed by atoms with Crippen LogP contribution in [0.5, 0.6) is 0 Å². The first-order valence-electron chi connectivity index (χ1n) is 8.62. The van der Waals surface area contributed by atoms with E-state index in [-0.39, 0.29) is 28.3 Å². The van der Waals surface area contributed by atoms with Gasteiger partial charge < -0.3 is 16.0 Å². The van der Waals surface area contributed by atoms with Crippen molar-refractivity contribution in [1.82, 2.24) is 10.2 Å². The molecule has 1 aromatic carbocycles. The largest absolute Gasteiger partial charge is 0.384 e. The maximum Gasteiger partial charge on any atom is 0.299 e. The van der Waals surface area contributed by atoms with E-state index in [2.05, 4.69) is 27.3 Å². The summed E-state index contributed by atoms with van der Waals surface area (Å²) in [5, 5.41) is 25.1. The van der Waals surface area contributed by atoms with Crippen molar-refractivity contribution in [3.05, 3.63) is 67.3 Å². The average molecular weight is 416 g/mol. The zero-order chi connectivity index (χ0) is 18.4. The van der Waals surface area contributed by atoms with Crippen molar-refractivity contribution in [3.8, 4) is 6.07 Å². The SMILES string of the molecule is N#CC1=C(N)N2C(=C([N+](=O)[O-])C1c1ccc(Br)cc1)NC1CCCCC12. The summed E-state index contributed by atoms with van der Waals surface area (Å²) in [6.07, 6.45) is 4.02. The Morgan fingerprint density at radius 1 is 1.31 bits per heavy atom. The van der Waals surface area contributed by atoms with E-state index in [1.54, 1.807) is 17.0 Å². The molecule has 26 heavy (non-hydrogen) atoms. The van der Waals surface area contributed by atoms with E-state index in [4.69, 9.17) is 5.73 Å². The van der Waals surface area contributed by atoms with Crippen LogP contribution in [-0.2, 0) is 0 Å². The number of rotatable bonds is 2. The van der Waals surface area contributed by atoms with Crippen LogP contribution in [0.1, 0.15) is 37.2 Å². The number of nitro groups is 1. The Labute approximate surface area is 159 Å². The molecule has 0 aromatic heterocycles. The van der Waals surface area contributed by atoms with E-state index in [1.165, 1.54) is 0 Å². The van der Waals surface area contributed by atoms with Crippen LogP contribution in [-0.4, -0.2) is 21.9 Å². The van der Waals surface area contributed by atoms with Gasteiger partial charge in [0.25, 0.3) is 5.70 Å². The molecule has 2 heterocycles. The molecule has 134 valence electrons. The molecule has 8 heteroatoms. The summed E-state index contributed by atoms with van der Waals surface area (Å²) in [6, 6.07) is 9.57. The Morgan fingerprint density at radius 2 is 2.00 bits per heavy atom. The topological polar surface area (TPSA) is 108 Å². The molecule has 3 N–H and O–H groups in total. The highest BCUT2D eigenvalue weighted by Gasteiger charge is 2.50. The summed E-state index contributed by atoms with van der Waals surface area (Å²) in [4.78, 5) is 13.4. The monoisotopic (exact) mass is 415 g/mol. The van der Waals surface area contributed by atoms with Crippen LogP contribution in [0.2, 0.25) is 0 Å². The van der Waals surface area contributed by atoms with Gasteiger partial charge in [0.1, 0.15) is 11.7 Å². The molecule has 1 aromatic rings. The molecule has 7 nitrogen and oxygen atoms in total. The number of allylic oxidation sites excluding steroid dienone is 1. The third-order valence-corrected chi connectivity index (χ3v) is 6.01. The Morgan fingerprint density at radius 3 is 2.65 bits per heavy atom. The lowest BCUT2D eigenvalue weighted by molar-refractivity contribution is -0.432. The van der Waals surface area contributed by atoms with E-state index >= 15 is 0 Å². The number of fused-ring (bicyclic) bond motifs is 3. The Bertz CT molecular complexity index is 871. The molecule has 3 aliphatic rings. The van der Waals surface area contributed by atoms with Crippen molar-refractivity contribution in [2.45, 2.75) is 43.7 Å². The minimum Gasteiger partial charge on any atom is -0.384 e. The molecular weight excluding hydrogens is 398 g/mol. The van der Waals surface area contributed by atoms with Crippen LogP contribution >= 0.6 is 15.9 Å². The molecule has 0 spiro atoms. The van der Waals surface area contributed by atoms with Gasteiger partial charge in [-0.1, -0.05) is 40.9 Å². The number of nitrogens with zero attached hydrogens (tertiary/aromatic N) is 3. The Hall–Kier alpha value is -2.53. The number of hydrogen-bond acceptors (Lipinski definition) is 6. The van der Waals surface area contributed by atoms with E-state index in [0.29, 0.717) is 17.2 Å². The van der Waals surface area contributed by atoms with Gasteiger partial charge in [-0.15, -0.1) is 0 Å². The van der Waals surface area contributed by atoms with Crippen LogP contribution in [0.25, 0.3) is 0 Å². The van der Waals surface area contributed by atoms with Crippen molar-refractivity contribution in [2.75, 3.05) is 0 Å². The molecule has 1 aliphatic carbocycles. The smallest absolute Gasteiger partial charge is 0.299 e. The summed E-state index contributed by atoms with van der Waals surface area (Å²) in [6.45, 7) is 0. The molecule has 0 bridgehead atoms. The van der Waals surface area contributed by atoms with Crippen LogP contribution in [0.3, 0.4) is 0 Å². The minimum atomic E-state index is -0.776. The van der Waals surface area contributed by atoms with Gasteiger partial charge in [0.15, 0.2) is 5.82 Å². The van der Waals surface area contributed by atoms with E-state index < -0.39 is 5.92 Å². The first kappa shape index (κ1) is 16.9. The molecule has 3 atom stereocenters. The van der Waals surface area contributed by atoms with Crippen LogP contribution in [0.15, 0.2) is 51.7 Å². The second kappa shape index (κ2) is 6.32. The molecule has 2 aliphatic heterocycles. The molecule has 0 amide bonds. The first-order valence-corrected chi connectivity index (χ1v) is 9.41. The zero-order valence-corrected chi connectivity index (χ0v) is 15.6. The van der Waals surface area contributed by atoms with Crippen molar-refractivity contribution in [1.29, 1.82) is 5.26 Å². The van der Waals surface area contributed by atoms with Gasteiger partial charge in [-0.25, -0.2) is 0 Å². The standard InChI is InChI=1S/C18H18BrN5O2/c19-11-7-5-10(6-8-11)15-12(9-20)17(21)23-14-4-2-1-3-13(14)22-18(23)16(15)24(25)26/h5-8,13-15,22H,1-4,21H2. The van der Waals surface area contributed by atoms with Crippen molar-refractivity contribution in [2.24, 2.45) is 5.73 Å². The highest BCUT2D eigenvalue weighted by Crippen LogP contribution is 2.45. The molecule has 4 rings (SSSR count). The fourth-order valence-corrected chi connectivity index (χ4v) is 4.61. The summed E-state index contributed by atoms with van der Waals surface area (Å²) in [7, 11) is 0.